The Labute approximate surface area is 399 Å². The largest absolute Gasteiger partial charge is 0.457 e. The van der Waals surface area contributed by atoms with Gasteiger partial charge in [-0.3, -0.25) is 4.57 Å². The van der Waals surface area contributed by atoms with E-state index in [-0.39, 0.29) is 16.2 Å². The van der Waals surface area contributed by atoms with E-state index >= 15 is 0 Å². The normalized spacial score (nSPS) is 13.2. The van der Waals surface area contributed by atoms with Gasteiger partial charge < -0.3 is 19.1 Å². The second kappa shape index (κ2) is 15.6. The molecule has 0 fully saturated rings. The quantitative estimate of drug-likeness (QED) is 0.166. The summed E-state index contributed by atoms with van der Waals surface area (Å²) in [6, 6.07) is 58.6. The number of benzene rings is 7. The molecule has 0 unspecified atom stereocenters. The molecule has 7 aromatic carbocycles. The van der Waals surface area contributed by atoms with Crippen LogP contribution in [-0.4, -0.2) is 20.8 Å². The predicted molar refractivity (Wildman–Crippen MR) is 282 cm³/mol. The highest BCUT2D eigenvalue weighted by molar-refractivity contribution is 6.11. The predicted octanol–water partition coefficient (Wildman–Crippen LogP) is 16.1. The van der Waals surface area contributed by atoms with Crippen LogP contribution in [0.4, 0.5) is 22.7 Å². The van der Waals surface area contributed by atoms with Gasteiger partial charge in [-0.1, -0.05) is 117 Å². The number of pyridine rings is 1. The van der Waals surface area contributed by atoms with Crippen molar-refractivity contribution in [2.75, 3.05) is 16.5 Å². The summed E-state index contributed by atoms with van der Waals surface area (Å²) >= 11 is 0. The van der Waals surface area contributed by atoms with Crippen molar-refractivity contribution in [3.8, 4) is 29.1 Å². The fraction of sp³-hybridized carbons (Fsp3) is 0.213. The number of nitriles is 1. The van der Waals surface area contributed by atoms with E-state index in [9.17, 15) is 5.26 Å². The van der Waals surface area contributed by atoms with Crippen molar-refractivity contribution in [1.29, 1.82) is 5.26 Å². The average Bonchev–Trinajstić information content (AvgIpc) is 3.98. The van der Waals surface area contributed by atoms with Crippen LogP contribution >= 0.6 is 0 Å². The minimum absolute atomic E-state index is 0.0554. The van der Waals surface area contributed by atoms with E-state index in [4.69, 9.17) is 9.72 Å². The minimum Gasteiger partial charge on any atom is -0.457 e. The van der Waals surface area contributed by atoms with Gasteiger partial charge in [0.2, 0.25) is 0 Å². The van der Waals surface area contributed by atoms with Crippen LogP contribution in [0.2, 0.25) is 0 Å². The number of hydrogen-bond acceptors (Lipinski definition) is 5. The molecule has 0 saturated heterocycles. The molecule has 11 rings (SSSR count). The highest BCUT2D eigenvalue weighted by Gasteiger charge is 2.34. The second-order valence-electron chi connectivity index (χ2n) is 21.4. The van der Waals surface area contributed by atoms with Crippen molar-refractivity contribution in [2.45, 2.75) is 78.6 Å². The molecule has 336 valence electrons. The minimum atomic E-state index is -0.0605. The molecule has 0 atom stereocenters. The Balaban J connectivity index is 1.05. The molecule has 0 amide bonds. The molecule has 1 aliphatic rings. The molecule has 4 heterocycles. The van der Waals surface area contributed by atoms with E-state index < -0.39 is 0 Å². The topological polar surface area (TPSA) is 62.2 Å². The van der Waals surface area contributed by atoms with Crippen molar-refractivity contribution < 1.29 is 4.74 Å². The van der Waals surface area contributed by atoms with Crippen LogP contribution in [-0.2, 0) is 16.2 Å². The van der Waals surface area contributed by atoms with Gasteiger partial charge in [0, 0.05) is 51.2 Å². The highest BCUT2D eigenvalue weighted by Crippen LogP contribution is 2.51. The van der Waals surface area contributed by atoms with Crippen LogP contribution in [0.1, 0.15) is 84.6 Å². The molecule has 1 aliphatic heterocycles. The molecule has 0 aliphatic carbocycles. The van der Waals surface area contributed by atoms with Crippen LogP contribution < -0.4 is 14.5 Å². The number of rotatable bonds is 6. The molecular formula is C61H56N6O. The summed E-state index contributed by atoms with van der Waals surface area (Å²) in [4.78, 5) is 9.82. The maximum absolute atomic E-state index is 9.87. The Morgan fingerprint density at radius 2 is 1.09 bits per heavy atom. The summed E-state index contributed by atoms with van der Waals surface area (Å²) in [6.45, 7) is 21.1. The fourth-order valence-electron chi connectivity index (χ4n) is 9.97. The molecule has 7 heteroatoms. The number of anilines is 4. The van der Waals surface area contributed by atoms with Gasteiger partial charge >= 0.3 is 0 Å². The lowest BCUT2D eigenvalue weighted by atomic mass is 9.80. The van der Waals surface area contributed by atoms with Crippen molar-refractivity contribution >= 4 is 66.4 Å². The third-order valence-corrected chi connectivity index (χ3v) is 13.7. The van der Waals surface area contributed by atoms with Crippen LogP contribution in [0.3, 0.4) is 0 Å². The van der Waals surface area contributed by atoms with Gasteiger partial charge in [-0.05, 0) is 124 Å². The molecule has 0 radical (unpaired) electrons. The van der Waals surface area contributed by atoms with Crippen LogP contribution in [0.25, 0.3) is 55.1 Å². The number of para-hydroxylation sites is 3. The highest BCUT2D eigenvalue weighted by atomic mass is 16.5. The summed E-state index contributed by atoms with van der Waals surface area (Å²) in [5, 5.41) is 14.4. The van der Waals surface area contributed by atoms with Gasteiger partial charge in [-0.2, -0.15) is 5.26 Å². The number of nitrogens with zero attached hydrogens (tertiary/aromatic N) is 6. The van der Waals surface area contributed by atoms with Crippen molar-refractivity contribution in [3.05, 3.63) is 186 Å². The average molecular weight is 889 g/mol. The molecular weight excluding hydrogens is 833 g/mol. The number of aromatic nitrogens is 3. The Morgan fingerprint density at radius 1 is 0.471 bits per heavy atom. The van der Waals surface area contributed by atoms with Crippen molar-refractivity contribution in [3.63, 3.8) is 0 Å². The number of fused-ring (bicyclic) bond motifs is 7. The molecule has 7 nitrogen and oxygen atoms in total. The lowest BCUT2D eigenvalue weighted by molar-refractivity contribution is 0.483. The summed E-state index contributed by atoms with van der Waals surface area (Å²) in [5.74, 6) is 2.26. The maximum atomic E-state index is 9.87. The Hall–Kier alpha value is -7.82. The Bertz CT molecular complexity index is 3590. The van der Waals surface area contributed by atoms with Gasteiger partial charge in [0.1, 0.15) is 24.0 Å². The zero-order valence-electron chi connectivity index (χ0n) is 40.4. The third kappa shape index (κ3) is 7.23. The lowest BCUT2D eigenvalue weighted by Crippen LogP contribution is -2.25. The number of ether oxygens (including phenoxy) is 1. The zero-order chi connectivity index (χ0) is 47.3. The van der Waals surface area contributed by atoms with Gasteiger partial charge in [0.15, 0.2) is 0 Å². The number of hydrogen-bond donors (Lipinski definition) is 0. The lowest BCUT2D eigenvalue weighted by Gasteiger charge is -2.30. The maximum Gasteiger partial charge on any atom is 0.137 e. The summed E-state index contributed by atoms with van der Waals surface area (Å²) < 4.78 is 11.5. The standard InChI is InChI=1S/C61H56N6O/c1-59(2,3)40-28-29-63-57(34-40)67-53-27-24-39(37-62)30-50(53)49-26-25-46(36-56(49)67)68-45-17-14-16-43(35-45)64-38-65(44-32-41(60(4,5)6)31-42(33-44)61(7,8)9)58-54(64)22-15-23-55(58)66-51-20-12-10-18-47(51)48-19-11-13-21-52(48)66/h10-36H,38H2,1-9H3. The Kier molecular flexibility index (Phi) is 9.84. The van der Waals surface area contributed by atoms with E-state index in [0.717, 1.165) is 56.1 Å². The first-order valence-corrected chi connectivity index (χ1v) is 23.6. The van der Waals surface area contributed by atoms with E-state index in [2.05, 4.69) is 215 Å². The molecule has 0 N–H and O–H groups in total. The van der Waals surface area contributed by atoms with E-state index in [1.807, 2.05) is 36.5 Å². The SMILES string of the molecule is CC(C)(C)c1cc(N2CN(c3cccc(Oc4ccc5c6cc(C#N)ccc6n(-c6cc(C(C)(C)C)ccn6)c5c4)c3)c3cccc(-n4c5ccccc5c5ccccc54)c32)cc(C(C)(C)C)c1. The molecule has 3 aromatic heterocycles. The van der Waals surface area contributed by atoms with Gasteiger partial charge in [0.05, 0.1) is 50.8 Å². The molecule has 68 heavy (non-hydrogen) atoms. The monoisotopic (exact) mass is 888 g/mol. The summed E-state index contributed by atoms with van der Waals surface area (Å²) in [7, 11) is 0. The van der Waals surface area contributed by atoms with E-state index in [1.54, 1.807) is 0 Å². The first-order chi connectivity index (χ1) is 32.5. The third-order valence-electron chi connectivity index (χ3n) is 13.7. The smallest absolute Gasteiger partial charge is 0.137 e. The molecule has 0 spiro atoms. The fourth-order valence-corrected chi connectivity index (χ4v) is 9.97. The van der Waals surface area contributed by atoms with Gasteiger partial charge in [-0.25, -0.2) is 4.98 Å². The van der Waals surface area contributed by atoms with E-state index in [0.29, 0.717) is 18.0 Å². The van der Waals surface area contributed by atoms with Gasteiger partial charge in [0.25, 0.3) is 0 Å². The van der Waals surface area contributed by atoms with Crippen LogP contribution in [0.5, 0.6) is 11.5 Å². The molecule has 0 saturated carbocycles. The first-order valence-electron chi connectivity index (χ1n) is 23.6. The second-order valence-corrected chi connectivity index (χ2v) is 21.4. The van der Waals surface area contributed by atoms with Gasteiger partial charge in [-0.15, -0.1) is 0 Å². The van der Waals surface area contributed by atoms with Crippen molar-refractivity contribution in [1.82, 2.24) is 14.1 Å². The van der Waals surface area contributed by atoms with Crippen LogP contribution in [0, 0.1) is 11.3 Å². The summed E-state index contributed by atoms with van der Waals surface area (Å²) in [6.07, 6.45) is 1.89. The zero-order valence-corrected chi connectivity index (χ0v) is 40.4. The molecule has 0 bridgehead atoms. The Morgan fingerprint density at radius 3 is 1.76 bits per heavy atom. The summed E-state index contributed by atoms with van der Waals surface area (Å²) in [5.41, 5.74) is 14.1. The van der Waals surface area contributed by atoms with Crippen LogP contribution in [0.15, 0.2) is 164 Å². The van der Waals surface area contributed by atoms with E-state index in [1.165, 1.54) is 44.2 Å². The van der Waals surface area contributed by atoms with Crippen molar-refractivity contribution in [2.24, 2.45) is 0 Å². The first kappa shape index (κ1) is 42.8. The molecule has 10 aromatic rings.